The minimum absolute atomic E-state index is 0.131. The first kappa shape index (κ1) is 12.5. The number of hydrogen-bond donors (Lipinski definition) is 0. The van der Waals surface area contributed by atoms with E-state index in [1.807, 2.05) is 34.8 Å². The molecule has 0 N–H and O–H groups in total. The smallest absolute Gasteiger partial charge is 0.270 e. The monoisotopic (exact) mass is 260 g/mol. The van der Waals surface area contributed by atoms with Gasteiger partial charge in [0.05, 0.1) is 18.8 Å². The van der Waals surface area contributed by atoms with Crippen LogP contribution >= 0.6 is 0 Å². The summed E-state index contributed by atoms with van der Waals surface area (Å²) in [6.45, 7) is 5.09. The molecule has 1 amide bonds. The second-order valence-corrected chi connectivity index (χ2v) is 5.45. The first-order valence-electron chi connectivity index (χ1n) is 6.87. The topological polar surface area (TPSA) is 34.5 Å². The summed E-state index contributed by atoms with van der Waals surface area (Å²) in [6, 6.07) is 4.04. The number of ether oxygens (including phenoxy) is 1. The van der Waals surface area contributed by atoms with E-state index in [0.717, 1.165) is 18.7 Å². The summed E-state index contributed by atoms with van der Waals surface area (Å²) in [5, 5.41) is 0. The number of carbonyl (C=O) groups excluding carboxylic acids is 1. The Morgan fingerprint density at radius 3 is 3.11 bits per heavy atom. The Kier molecular flexibility index (Phi) is 3.19. The SMILES string of the molecule is C=CCO[C@H]1[C@H]2CC[C@H]1N(C(=O)c1cccn1C)C2. The van der Waals surface area contributed by atoms with E-state index in [-0.39, 0.29) is 18.1 Å². The molecule has 0 unspecified atom stereocenters. The van der Waals surface area contributed by atoms with Crippen LogP contribution in [0.15, 0.2) is 31.0 Å². The molecule has 0 aromatic carbocycles. The molecule has 0 spiro atoms. The maximum atomic E-state index is 12.6. The maximum Gasteiger partial charge on any atom is 0.270 e. The van der Waals surface area contributed by atoms with E-state index in [0.29, 0.717) is 12.5 Å². The molecule has 2 heterocycles. The van der Waals surface area contributed by atoms with Gasteiger partial charge in [0.25, 0.3) is 5.91 Å². The van der Waals surface area contributed by atoms with Crippen LogP contribution in [-0.4, -0.2) is 40.7 Å². The molecule has 3 atom stereocenters. The lowest BCUT2D eigenvalue weighted by Crippen LogP contribution is -2.40. The molecule has 2 fully saturated rings. The van der Waals surface area contributed by atoms with Crippen molar-refractivity contribution in [2.75, 3.05) is 13.2 Å². The van der Waals surface area contributed by atoms with Crippen molar-refractivity contribution < 1.29 is 9.53 Å². The van der Waals surface area contributed by atoms with Gasteiger partial charge in [0.15, 0.2) is 0 Å². The number of fused-ring (bicyclic) bond motifs is 2. The van der Waals surface area contributed by atoms with E-state index in [9.17, 15) is 4.79 Å². The molecule has 4 heteroatoms. The van der Waals surface area contributed by atoms with Crippen molar-refractivity contribution in [3.05, 3.63) is 36.7 Å². The van der Waals surface area contributed by atoms with Crippen molar-refractivity contribution in [2.45, 2.75) is 25.0 Å². The Labute approximate surface area is 113 Å². The van der Waals surface area contributed by atoms with Gasteiger partial charge in [-0.3, -0.25) is 4.79 Å². The molecule has 102 valence electrons. The van der Waals surface area contributed by atoms with Gasteiger partial charge in [-0.25, -0.2) is 0 Å². The lowest BCUT2D eigenvalue weighted by atomic mass is 10.1. The van der Waals surface area contributed by atoms with Gasteiger partial charge in [-0.1, -0.05) is 6.08 Å². The van der Waals surface area contributed by atoms with Crippen LogP contribution < -0.4 is 0 Å². The van der Waals surface area contributed by atoms with E-state index < -0.39 is 0 Å². The van der Waals surface area contributed by atoms with Gasteiger partial charge in [0, 0.05) is 25.7 Å². The van der Waals surface area contributed by atoms with Crippen LogP contribution in [0, 0.1) is 5.92 Å². The average Bonchev–Trinajstić information content (AvgIpc) is 3.09. The largest absolute Gasteiger partial charge is 0.372 e. The van der Waals surface area contributed by atoms with Gasteiger partial charge in [0.2, 0.25) is 0 Å². The van der Waals surface area contributed by atoms with Crippen molar-refractivity contribution >= 4 is 5.91 Å². The second-order valence-electron chi connectivity index (χ2n) is 5.45. The van der Waals surface area contributed by atoms with Gasteiger partial charge in [-0.15, -0.1) is 6.58 Å². The summed E-state index contributed by atoms with van der Waals surface area (Å²) in [4.78, 5) is 14.6. The number of likely N-dealkylation sites (tertiary alicyclic amines) is 1. The van der Waals surface area contributed by atoms with Crippen LogP contribution in [0.2, 0.25) is 0 Å². The second kappa shape index (κ2) is 4.85. The zero-order valence-corrected chi connectivity index (χ0v) is 11.3. The van der Waals surface area contributed by atoms with Crippen LogP contribution in [0.4, 0.5) is 0 Å². The van der Waals surface area contributed by atoms with Crippen molar-refractivity contribution in [1.29, 1.82) is 0 Å². The van der Waals surface area contributed by atoms with Crippen molar-refractivity contribution in [3.63, 3.8) is 0 Å². The average molecular weight is 260 g/mol. The number of hydrogen-bond acceptors (Lipinski definition) is 2. The van der Waals surface area contributed by atoms with E-state index in [1.165, 1.54) is 6.42 Å². The molecule has 1 saturated carbocycles. The highest BCUT2D eigenvalue weighted by atomic mass is 16.5. The molecule has 2 aliphatic rings. The molecular formula is C15H20N2O2. The van der Waals surface area contributed by atoms with Gasteiger partial charge in [0.1, 0.15) is 5.69 Å². The minimum atomic E-state index is 0.131. The molecule has 1 saturated heterocycles. The molecule has 1 aliphatic carbocycles. The summed E-state index contributed by atoms with van der Waals surface area (Å²) >= 11 is 0. The standard InChI is InChI=1S/C15H20N2O2/c1-3-9-19-14-11-6-7-12(14)17(10-11)15(18)13-5-4-8-16(13)2/h3-5,8,11-12,14H,1,6-7,9-10H2,2H3/t11-,12+,14-/m0/s1. The quantitative estimate of drug-likeness (QED) is 0.774. The predicted molar refractivity (Wildman–Crippen MR) is 72.9 cm³/mol. The number of amides is 1. The van der Waals surface area contributed by atoms with E-state index >= 15 is 0 Å². The summed E-state index contributed by atoms with van der Waals surface area (Å²) in [7, 11) is 1.91. The molecule has 2 bridgehead atoms. The fourth-order valence-corrected chi connectivity index (χ4v) is 3.43. The lowest BCUT2D eigenvalue weighted by molar-refractivity contribution is 0.0405. The van der Waals surface area contributed by atoms with E-state index in [4.69, 9.17) is 4.74 Å². The molecule has 1 aliphatic heterocycles. The highest BCUT2D eigenvalue weighted by molar-refractivity contribution is 5.93. The summed E-state index contributed by atoms with van der Waals surface area (Å²) in [5.74, 6) is 0.626. The first-order valence-corrected chi connectivity index (χ1v) is 6.87. The number of rotatable bonds is 4. The third-order valence-corrected chi connectivity index (χ3v) is 4.34. The molecule has 19 heavy (non-hydrogen) atoms. The fraction of sp³-hybridized carbons (Fsp3) is 0.533. The highest BCUT2D eigenvalue weighted by Gasteiger charge is 2.49. The number of piperidine rings is 1. The van der Waals surface area contributed by atoms with Gasteiger partial charge >= 0.3 is 0 Å². The van der Waals surface area contributed by atoms with Crippen LogP contribution in [0.3, 0.4) is 0 Å². The molecule has 1 aromatic rings. The molecule has 1 aromatic heterocycles. The predicted octanol–water partition coefficient (Wildman–Crippen LogP) is 1.83. The maximum absolute atomic E-state index is 12.6. The van der Waals surface area contributed by atoms with Crippen LogP contribution in [-0.2, 0) is 11.8 Å². The zero-order valence-electron chi connectivity index (χ0n) is 11.3. The number of aromatic nitrogens is 1. The Morgan fingerprint density at radius 2 is 2.42 bits per heavy atom. The van der Waals surface area contributed by atoms with Gasteiger partial charge in [-0.2, -0.15) is 0 Å². The van der Waals surface area contributed by atoms with Gasteiger partial charge < -0.3 is 14.2 Å². The minimum Gasteiger partial charge on any atom is -0.372 e. The summed E-state index contributed by atoms with van der Waals surface area (Å²) in [6.07, 6.45) is 6.11. The number of nitrogens with zero attached hydrogens (tertiary/aromatic N) is 2. The Bertz CT molecular complexity index is 494. The lowest BCUT2D eigenvalue weighted by Gasteiger charge is -2.27. The van der Waals surface area contributed by atoms with Crippen molar-refractivity contribution in [1.82, 2.24) is 9.47 Å². The third-order valence-electron chi connectivity index (χ3n) is 4.34. The molecular weight excluding hydrogens is 240 g/mol. The Balaban J connectivity index is 1.75. The zero-order chi connectivity index (χ0) is 13.4. The Hall–Kier alpha value is -1.55. The molecule has 0 radical (unpaired) electrons. The van der Waals surface area contributed by atoms with Gasteiger partial charge in [-0.05, 0) is 25.0 Å². The fourth-order valence-electron chi connectivity index (χ4n) is 3.43. The van der Waals surface area contributed by atoms with E-state index in [2.05, 4.69) is 6.58 Å². The molecule has 3 rings (SSSR count). The molecule has 4 nitrogen and oxygen atoms in total. The number of carbonyl (C=O) groups is 1. The van der Waals surface area contributed by atoms with E-state index in [1.54, 1.807) is 6.08 Å². The first-order chi connectivity index (χ1) is 9.22. The van der Waals surface area contributed by atoms with Crippen molar-refractivity contribution in [3.8, 4) is 0 Å². The van der Waals surface area contributed by atoms with Crippen LogP contribution in [0.5, 0.6) is 0 Å². The van der Waals surface area contributed by atoms with Crippen LogP contribution in [0.25, 0.3) is 0 Å². The summed E-state index contributed by atoms with van der Waals surface area (Å²) in [5.41, 5.74) is 0.759. The number of aryl methyl sites for hydroxylation is 1. The third kappa shape index (κ3) is 2.00. The Morgan fingerprint density at radius 1 is 1.58 bits per heavy atom. The highest BCUT2D eigenvalue weighted by Crippen LogP contribution is 2.40. The van der Waals surface area contributed by atoms with Crippen molar-refractivity contribution in [2.24, 2.45) is 13.0 Å². The summed E-state index contributed by atoms with van der Waals surface area (Å²) < 4.78 is 7.73. The van der Waals surface area contributed by atoms with Crippen LogP contribution in [0.1, 0.15) is 23.3 Å². The normalized spacial score (nSPS) is 28.9.